The molecule has 0 N–H and O–H groups in total. The minimum absolute atomic E-state index is 0.235. The van der Waals surface area contributed by atoms with E-state index in [1.54, 1.807) is 16.8 Å². The molecule has 6 rings (SSSR count). The number of aliphatic imine (C=N–C) groups is 1. The van der Waals surface area contributed by atoms with Gasteiger partial charge in [-0.25, -0.2) is 9.50 Å². The number of carbonyl (C=O) groups excluding carboxylic acids is 1. The van der Waals surface area contributed by atoms with E-state index in [4.69, 9.17) is 21.4 Å². The van der Waals surface area contributed by atoms with Crippen LogP contribution in [0.2, 0.25) is 5.02 Å². The number of fused-ring (bicyclic) bond motifs is 1. The number of piperazine rings is 1. The van der Waals surface area contributed by atoms with Crippen molar-refractivity contribution >= 4 is 51.8 Å². The van der Waals surface area contributed by atoms with E-state index in [0.717, 1.165) is 72.1 Å². The van der Waals surface area contributed by atoms with Crippen LogP contribution in [-0.2, 0) is 9.53 Å². The highest BCUT2D eigenvalue weighted by molar-refractivity contribution is 8.18. The summed E-state index contributed by atoms with van der Waals surface area (Å²) in [4.78, 5) is 28.9. The molecule has 1 amide bonds. The quantitative estimate of drug-likeness (QED) is 0.452. The third kappa shape index (κ3) is 5.05. The van der Waals surface area contributed by atoms with Crippen LogP contribution in [0.15, 0.2) is 46.4 Å². The van der Waals surface area contributed by atoms with Crippen LogP contribution in [0.25, 0.3) is 23.0 Å². The van der Waals surface area contributed by atoms with E-state index < -0.39 is 0 Å². The molecule has 0 unspecified atom stereocenters. The molecule has 3 aliphatic rings. The maximum absolute atomic E-state index is 12.6. The van der Waals surface area contributed by atoms with E-state index in [9.17, 15) is 4.79 Å². The number of nitrogens with zero attached hydrogens (tertiary/aromatic N) is 7. The minimum Gasteiger partial charge on any atom is -0.378 e. The number of ether oxygens (including phenoxy) is 1. The van der Waals surface area contributed by atoms with Crippen LogP contribution in [0.4, 0.5) is 5.69 Å². The second-order valence-corrected chi connectivity index (χ2v) is 11.3. The van der Waals surface area contributed by atoms with Crippen LogP contribution in [0.3, 0.4) is 0 Å². The van der Waals surface area contributed by atoms with Crippen molar-refractivity contribution in [2.24, 2.45) is 4.99 Å². The Morgan fingerprint density at radius 3 is 2.55 bits per heavy atom. The summed E-state index contributed by atoms with van der Waals surface area (Å²) < 4.78 is 7.21. The monoisotopic (exact) mass is 551 g/mol. The smallest absolute Gasteiger partial charge is 0.286 e. The van der Waals surface area contributed by atoms with Gasteiger partial charge < -0.3 is 14.5 Å². The van der Waals surface area contributed by atoms with Gasteiger partial charge in [-0.1, -0.05) is 17.7 Å². The topological polar surface area (TPSA) is 78.6 Å². The minimum atomic E-state index is -0.235. The highest BCUT2D eigenvalue weighted by atomic mass is 35.5. The van der Waals surface area contributed by atoms with E-state index >= 15 is 0 Å². The van der Waals surface area contributed by atoms with Gasteiger partial charge in [0, 0.05) is 50.9 Å². The maximum atomic E-state index is 12.6. The summed E-state index contributed by atoms with van der Waals surface area (Å²) in [6, 6.07) is 10.5. The Hall–Kier alpha value is -2.92. The zero-order valence-electron chi connectivity index (χ0n) is 21.5. The Morgan fingerprint density at radius 2 is 1.82 bits per heavy atom. The fourth-order valence-corrected chi connectivity index (χ4v) is 6.24. The fourth-order valence-electron chi connectivity index (χ4n) is 4.99. The number of hydrogen-bond donors (Lipinski definition) is 0. The molecule has 0 radical (unpaired) electrons. The van der Waals surface area contributed by atoms with E-state index in [-0.39, 0.29) is 5.91 Å². The molecule has 11 heteroatoms. The van der Waals surface area contributed by atoms with Gasteiger partial charge in [-0.2, -0.15) is 10.1 Å². The molecule has 2 aromatic heterocycles. The average Bonchev–Trinajstić information content (AvgIpc) is 3.52. The van der Waals surface area contributed by atoms with Crippen molar-refractivity contribution in [3.8, 4) is 11.3 Å². The molecule has 0 spiro atoms. The number of aromatic nitrogens is 3. The van der Waals surface area contributed by atoms with Crippen molar-refractivity contribution in [1.29, 1.82) is 0 Å². The lowest BCUT2D eigenvalue weighted by Crippen LogP contribution is -2.49. The molecule has 3 aromatic rings. The largest absolute Gasteiger partial charge is 0.378 e. The first-order valence-electron chi connectivity index (χ1n) is 13.0. The first kappa shape index (κ1) is 25.4. The van der Waals surface area contributed by atoms with Crippen molar-refractivity contribution in [2.45, 2.75) is 19.9 Å². The molecular weight excluding hydrogens is 522 g/mol. The molecule has 2 fully saturated rings. The van der Waals surface area contributed by atoms with Gasteiger partial charge in [-0.15, -0.1) is 0 Å². The third-order valence-corrected chi connectivity index (χ3v) is 8.53. The molecule has 3 aliphatic heterocycles. The molecule has 0 atom stereocenters. The number of hydrogen-bond acceptors (Lipinski definition) is 8. The number of halogens is 1. The SMILES string of the molecule is CC(C)N1CCN(c2ccc(-c3cnc4ccc(C=C5SC(N6CCOCC6)=NC5=O)nn34)cc2Cl)CC1. The molecule has 9 nitrogen and oxygen atoms in total. The Balaban J connectivity index is 1.22. The van der Waals surface area contributed by atoms with Crippen LogP contribution in [0, 0.1) is 0 Å². The number of amidine groups is 1. The number of carbonyl (C=O) groups is 1. The number of rotatable bonds is 4. The molecule has 0 bridgehead atoms. The van der Waals surface area contributed by atoms with Crippen LogP contribution < -0.4 is 4.90 Å². The summed E-state index contributed by atoms with van der Waals surface area (Å²) in [5.74, 6) is -0.235. The predicted octanol–water partition coefficient (Wildman–Crippen LogP) is 3.88. The molecule has 0 aliphatic carbocycles. The lowest BCUT2D eigenvalue weighted by atomic mass is 10.1. The van der Waals surface area contributed by atoms with Gasteiger partial charge in [-0.3, -0.25) is 9.69 Å². The highest BCUT2D eigenvalue weighted by Crippen LogP contribution is 2.33. The molecule has 2 saturated heterocycles. The summed E-state index contributed by atoms with van der Waals surface area (Å²) in [6.45, 7) is 11.2. The van der Waals surface area contributed by atoms with Crippen LogP contribution >= 0.6 is 23.4 Å². The summed E-state index contributed by atoms with van der Waals surface area (Å²) in [5, 5.41) is 6.23. The Bertz CT molecular complexity index is 1420. The number of amides is 1. The molecule has 38 heavy (non-hydrogen) atoms. The van der Waals surface area contributed by atoms with Crippen molar-refractivity contribution in [3.63, 3.8) is 0 Å². The number of anilines is 1. The average molecular weight is 552 g/mol. The standard InChI is InChI=1S/C27H30ClN7O2S/c1-18(2)32-7-9-33(10-8-32)22-5-3-19(15-21(22)28)23-17-29-25-6-4-20(31-35(23)25)16-24-26(36)30-27(38-24)34-11-13-37-14-12-34/h3-6,15-18H,7-14H2,1-2H3. The molecule has 0 saturated carbocycles. The number of imidazole rings is 1. The highest BCUT2D eigenvalue weighted by Gasteiger charge is 2.27. The van der Waals surface area contributed by atoms with Gasteiger partial charge in [0.2, 0.25) is 0 Å². The lowest BCUT2D eigenvalue weighted by Gasteiger charge is -2.38. The zero-order chi connectivity index (χ0) is 26.2. The van der Waals surface area contributed by atoms with Crippen LogP contribution in [-0.4, -0.2) is 94.0 Å². The van der Waals surface area contributed by atoms with Gasteiger partial charge in [0.15, 0.2) is 10.8 Å². The van der Waals surface area contributed by atoms with Crippen molar-refractivity contribution in [1.82, 2.24) is 24.4 Å². The summed E-state index contributed by atoms with van der Waals surface area (Å²) in [5.41, 5.74) is 4.22. The first-order chi connectivity index (χ1) is 18.5. The van der Waals surface area contributed by atoms with Crippen LogP contribution in [0.1, 0.15) is 19.5 Å². The summed E-state index contributed by atoms with van der Waals surface area (Å²) in [6.07, 6.45) is 3.60. The number of morpholine rings is 1. The summed E-state index contributed by atoms with van der Waals surface area (Å²) >= 11 is 8.18. The van der Waals surface area contributed by atoms with Crippen molar-refractivity contribution < 1.29 is 9.53 Å². The van der Waals surface area contributed by atoms with Gasteiger partial charge in [-0.05, 0) is 56.0 Å². The van der Waals surface area contributed by atoms with Crippen LogP contribution in [0.5, 0.6) is 0 Å². The van der Waals surface area contributed by atoms with E-state index in [2.05, 4.69) is 50.7 Å². The Kier molecular flexibility index (Phi) is 7.13. The number of thioether (sulfide) groups is 1. The second kappa shape index (κ2) is 10.7. The number of benzene rings is 1. The Morgan fingerprint density at radius 1 is 1.03 bits per heavy atom. The Labute approximate surface area is 231 Å². The second-order valence-electron chi connectivity index (χ2n) is 9.86. The van der Waals surface area contributed by atoms with E-state index in [1.807, 2.05) is 18.2 Å². The van der Waals surface area contributed by atoms with Crippen molar-refractivity contribution in [2.75, 3.05) is 57.4 Å². The zero-order valence-corrected chi connectivity index (χ0v) is 23.1. The molecule has 1 aromatic carbocycles. The third-order valence-electron chi connectivity index (χ3n) is 7.18. The van der Waals surface area contributed by atoms with Gasteiger partial charge in [0.1, 0.15) is 0 Å². The lowest BCUT2D eigenvalue weighted by molar-refractivity contribution is -0.113. The van der Waals surface area contributed by atoms with Gasteiger partial charge in [0.05, 0.1) is 46.4 Å². The first-order valence-corrected chi connectivity index (χ1v) is 14.1. The van der Waals surface area contributed by atoms with Gasteiger partial charge >= 0.3 is 0 Å². The molecule has 5 heterocycles. The molecular formula is C27H30ClN7O2S. The predicted molar refractivity (Wildman–Crippen MR) is 153 cm³/mol. The fraction of sp³-hybridized carbons (Fsp3) is 0.407. The normalized spacial score (nSPS) is 20.3. The van der Waals surface area contributed by atoms with E-state index in [1.165, 1.54) is 11.8 Å². The molecule has 198 valence electrons. The summed E-state index contributed by atoms with van der Waals surface area (Å²) in [7, 11) is 0. The maximum Gasteiger partial charge on any atom is 0.286 e. The van der Waals surface area contributed by atoms with E-state index in [0.29, 0.717) is 29.9 Å². The van der Waals surface area contributed by atoms with Crippen molar-refractivity contribution in [3.05, 3.63) is 52.2 Å². The van der Waals surface area contributed by atoms with Gasteiger partial charge in [0.25, 0.3) is 5.91 Å².